The van der Waals surface area contributed by atoms with Crippen molar-refractivity contribution >= 4 is 51.0 Å². The van der Waals surface area contributed by atoms with Gasteiger partial charge in [-0.15, -0.1) is 11.3 Å². The summed E-state index contributed by atoms with van der Waals surface area (Å²) in [5.74, 6) is -6.15. The summed E-state index contributed by atoms with van der Waals surface area (Å²) < 4.78 is 129. The van der Waals surface area contributed by atoms with Gasteiger partial charge in [0.2, 0.25) is 0 Å². The van der Waals surface area contributed by atoms with Crippen LogP contribution in [-0.2, 0) is 24.2 Å². The second-order valence-electron chi connectivity index (χ2n) is 10.9. The van der Waals surface area contributed by atoms with Gasteiger partial charge >= 0.3 is 31.9 Å². The maximum Gasteiger partial charge on any atom is 0.490 e. The van der Waals surface area contributed by atoms with E-state index in [4.69, 9.17) is 45.8 Å². The highest BCUT2D eigenvalue weighted by Gasteiger charge is 2.39. The number of carboxylic acid groups (broad SMARTS) is 2. The lowest BCUT2D eigenvalue weighted by molar-refractivity contribution is -0.193. The summed E-state index contributed by atoms with van der Waals surface area (Å²) in [6.07, 6.45) is -8.47. The SMILES string of the molecule is Cc1c(S(=O)(=O)NCP(=O)(O)Oc2ccc(C#N)c(F)c2)sc2ccc(OCCCN(CCCN)CCCN)cc12.O=C(O)C(F)(F)F.O=C(O)C(F)(F)F. The van der Waals surface area contributed by atoms with Crippen LogP contribution < -0.4 is 25.5 Å². The van der Waals surface area contributed by atoms with E-state index < -0.39 is 54.0 Å². The first kappa shape index (κ1) is 48.9. The molecule has 15 nitrogen and oxygen atoms in total. The number of halogens is 7. The van der Waals surface area contributed by atoms with Gasteiger partial charge in [0.25, 0.3) is 10.0 Å². The Morgan fingerprint density at radius 3 is 1.93 bits per heavy atom. The number of hydrogen-bond donors (Lipinski definition) is 6. The molecule has 2 aromatic carbocycles. The van der Waals surface area contributed by atoms with Gasteiger partial charge in [0.1, 0.15) is 33.9 Å². The van der Waals surface area contributed by atoms with Crippen molar-refractivity contribution in [2.75, 3.05) is 45.6 Å². The minimum atomic E-state index is -5.08. The fourth-order valence-electron chi connectivity index (χ4n) is 4.04. The molecule has 55 heavy (non-hydrogen) atoms. The molecule has 0 amide bonds. The number of carboxylic acids is 2. The third kappa shape index (κ3) is 17.5. The average Bonchev–Trinajstić information content (AvgIpc) is 3.42. The zero-order valence-corrected chi connectivity index (χ0v) is 31.2. The number of nitrogens with zero attached hydrogens (tertiary/aromatic N) is 2. The lowest BCUT2D eigenvalue weighted by atomic mass is 10.2. The topological polar surface area (TPSA) is 256 Å². The van der Waals surface area contributed by atoms with Crippen LogP contribution in [0, 0.1) is 24.1 Å². The maximum absolute atomic E-state index is 13.8. The Labute approximate surface area is 313 Å². The van der Waals surface area contributed by atoms with Crippen LogP contribution in [0.25, 0.3) is 10.1 Å². The molecule has 0 aliphatic carbocycles. The number of aliphatic carboxylic acids is 2. The minimum Gasteiger partial charge on any atom is -0.494 e. The van der Waals surface area contributed by atoms with E-state index in [0.717, 1.165) is 68.4 Å². The van der Waals surface area contributed by atoms with E-state index in [2.05, 4.69) is 9.62 Å². The summed E-state index contributed by atoms with van der Waals surface area (Å²) >= 11 is 1.02. The predicted octanol–water partition coefficient (Wildman–Crippen LogP) is 4.76. The Balaban J connectivity index is 0.000000913. The monoisotopic (exact) mass is 855 g/mol. The molecule has 3 aromatic rings. The Morgan fingerprint density at radius 2 is 1.45 bits per heavy atom. The van der Waals surface area contributed by atoms with Crippen molar-refractivity contribution in [3.05, 3.63) is 53.3 Å². The molecule has 25 heteroatoms. The van der Waals surface area contributed by atoms with Crippen LogP contribution in [-0.4, -0.2) is 98.3 Å². The number of ether oxygens (including phenoxy) is 1. The molecule has 1 unspecified atom stereocenters. The number of fused-ring (bicyclic) bond motifs is 1. The third-order valence-electron chi connectivity index (χ3n) is 6.60. The number of sulfonamides is 1. The molecular formula is C30H37F7N5O10PS2. The molecule has 308 valence electrons. The van der Waals surface area contributed by atoms with Crippen molar-refractivity contribution < 1.29 is 77.7 Å². The number of nitrogens with one attached hydrogen (secondary N) is 1. The van der Waals surface area contributed by atoms with Crippen LogP contribution in [0.4, 0.5) is 30.7 Å². The van der Waals surface area contributed by atoms with Gasteiger partial charge < -0.3 is 40.7 Å². The highest BCUT2D eigenvalue weighted by molar-refractivity contribution is 7.92. The molecule has 0 radical (unpaired) electrons. The van der Waals surface area contributed by atoms with Crippen LogP contribution in [0.2, 0.25) is 0 Å². The van der Waals surface area contributed by atoms with Crippen molar-refractivity contribution in [2.45, 2.75) is 42.7 Å². The van der Waals surface area contributed by atoms with Crippen LogP contribution in [0.3, 0.4) is 0 Å². The number of nitriles is 1. The first-order valence-corrected chi connectivity index (χ1v) is 19.5. The van der Waals surface area contributed by atoms with Crippen molar-refractivity contribution in [1.82, 2.24) is 9.62 Å². The summed E-state index contributed by atoms with van der Waals surface area (Å²) in [6.45, 7) is 6.08. The molecule has 3 rings (SSSR count). The first-order chi connectivity index (χ1) is 25.4. The highest BCUT2D eigenvalue weighted by Crippen LogP contribution is 2.43. The van der Waals surface area contributed by atoms with Crippen LogP contribution in [0.1, 0.15) is 30.4 Å². The van der Waals surface area contributed by atoms with Crippen LogP contribution in [0.15, 0.2) is 40.6 Å². The standard InChI is InChI=1S/C26H35FN5O6PS2.2C2HF3O2/c1-19-23-15-21(37-14-4-13-32(11-2-9-28)12-3-10-29)7-8-25(23)40-26(19)41(35,36)31-18-39(33,34)38-22-6-5-20(17-30)24(27)16-22;2*3-2(4,5)1(6)7/h5-8,15-16,31H,2-4,9-14,18,28-29H2,1H3,(H,33,34);2*(H,6,7). The smallest absolute Gasteiger partial charge is 0.490 e. The summed E-state index contributed by atoms with van der Waals surface area (Å²) in [5, 5.41) is 23.7. The van der Waals surface area contributed by atoms with Crippen LogP contribution >= 0.6 is 18.9 Å². The molecule has 0 bridgehead atoms. The summed E-state index contributed by atoms with van der Waals surface area (Å²) in [6, 6.07) is 9.97. The largest absolute Gasteiger partial charge is 0.494 e. The number of hydrogen-bond acceptors (Lipinski definition) is 12. The van der Waals surface area contributed by atoms with Crippen molar-refractivity contribution in [3.8, 4) is 17.6 Å². The predicted molar refractivity (Wildman–Crippen MR) is 185 cm³/mol. The Hall–Kier alpha value is -4.08. The second kappa shape index (κ2) is 21.9. The zero-order chi connectivity index (χ0) is 42.2. The number of nitrogens with two attached hydrogens (primary N) is 2. The second-order valence-corrected chi connectivity index (χ2v) is 15.7. The molecular weight excluding hydrogens is 818 g/mol. The Bertz CT molecular complexity index is 1910. The number of aryl methyl sites for hydroxylation is 1. The molecule has 1 atom stereocenters. The van der Waals surface area contributed by atoms with Crippen LogP contribution in [0.5, 0.6) is 11.5 Å². The van der Waals surface area contributed by atoms with Gasteiger partial charge in [0, 0.05) is 22.7 Å². The van der Waals surface area contributed by atoms with E-state index in [1.165, 1.54) is 0 Å². The normalized spacial score (nSPS) is 12.8. The fraction of sp³-hybridized carbons (Fsp3) is 0.433. The quantitative estimate of drug-likeness (QED) is 0.0609. The molecule has 0 aliphatic rings. The number of rotatable bonds is 17. The lowest BCUT2D eigenvalue weighted by Crippen LogP contribution is -2.30. The molecule has 0 spiro atoms. The van der Waals surface area contributed by atoms with E-state index >= 15 is 0 Å². The molecule has 1 heterocycles. The number of thiophene rings is 1. The summed E-state index contributed by atoms with van der Waals surface area (Å²) in [7, 11) is -8.72. The molecule has 0 saturated heterocycles. The molecule has 0 aliphatic heterocycles. The molecule has 0 saturated carbocycles. The molecule has 1 aromatic heterocycles. The summed E-state index contributed by atoms with van der Waals surface area (Å²) in [5.41, 5.74) is 11.5. The maximum atomic E-state index is 13.8. The van der Waals surface area contributed by atoms with Crippen molar-refractivity contribution in [1.29, 1.82) is 5.26 Å². The zero-order valence-electron chi connectivity index (χ0n) is 28.7. The van der Waals surface area contributed by atoms with Gasteiger partial charge in [-0.25, -0.2) is 27.0 Å². The first-order valence-electron chi connectivity index (χ1n) is 15.5. The van der Waals surface area contributed by atoms with Gasteiger partial charge in [-0.1, -0.05) is 0 Å². The van der Waals surface area contributed by atoms with Gasteiger partial charge in [0.15, 0.2) is 0 Å². The number of carbonyl (C=O) groups is 2. The summed E-state index contributed by atoms with van der Waals surface area (Å²) in [4.78, 5) is 30.3. The lowest BCUT2D eigenvalue weighted by Gasteiger charge is -2.21. The van der Waals surface area contributed by atoms with E-state index in [0.29, 0.717) is 41.1 Å². The van der Waals surface area contributed by atoms with Gasteiger partial charge in [-0.3, -0.25) is 0 Å². The van der Waals surface area contributed by atoms with Crippen molar-refractivity contribution in [3.63, 3.8) is 0 Å². The molecule has 0 fully saturated rings. The van der Waals surface area contributed by atoms with E-state index in [1.54, 1.807) is 31.2 Å². The van der Waals surface area contributed by atoms with Gasteiger partial charge in [-0.05, 0) is 88.3 Å². The highest BCUT2D eigenvalue weighted by atomic mass is 32.2. The van der Waals surface area contributed by atoms with E-state index in [-0.39, 0.29) is 15.5 Å². The van der Waals surface area contributed by atoms with Crippen molar-refractivity contribution in [2.24, 2.45) is 11.5 Å². The average molecular weight is 856 g/mol. The number of benzene rings is 2. The van der Waals surface area contributed by atoms with Gasteiger partial charge in [-0.2, -0.15) is 36.3 Å². The Morgan fingerprint density at radius 1 is 0.945 bits per heavy atom. The molecule has 8 N–H and O–H groups in total. The van der Waals surface area contributed by atoms with E-state index in [1.807, 2.05) is 0 Å². The third-order valence-corrected chi connectivity index (χ3v) is 11.2. The van der Waals surface area contributed by atoms with Gasteiger partial charge in [0.05, 0.1) is 12.2 Å². The minimum absolute atomic E-state index is 0.00971. The Kier molecular flexibility index (Phi) is 19.5. The fourth-order valence-corrected chi connectivity index (χ4v) is 8.33. The van der Waals surface area contributed by atoms with E-state index in [9.17, 15) is 48.6 Å². The number of alkyl halides is 6.